The number of rotatable bonds is 1. The third-order valence-corrected chi connectivity index (χ3v) is 2.77. The molecule has 0 saturated heterocycles. The first-order chi connectivity index (χ1) is 6.15. The molecule has 0 aromatic rings. The zero-order chi connectivity index (χ0) is 9.84. The van der Waals surface area contributed by atoms with Crippen LogP contribution in [0.5, 0.6) is 0 Å². The molecule has 0 aliphatic heterocycles. The smallest absolute Gasteiger partial charge is 0.334 e. The van der Waals surface area contributed by atoms with Crippen molar-refractivity contribution in [2.45, 2.75) is 13.3 Å². The van der Waals surface area contributed by atoms with Gasteiger partial charge in [-0.2, -0.15) is 0 Å². The van der Waals surface area contributed by atoms with Crippen molar-refractivity contribution >= 4 is 21.9 Å². The Morgan fingerprint density at radius 1 is 1.54 bits per heavy atom. The molecule has 0 radical (unpaired) electrons. The number of ether oxygens (including phenoxy) is 1. The van der Waals surface area contributed by atoms with E-state index in [-0.39, 0.29) is 5.97 Å². The van der Waals surface area contributed by atoms with Gasteiger partial charge in [0.2, 0.25) is 0 Å². The Labute approximate surface area is 86.1 Å². The number of hydrogen-bond acceptors (Lipinski definition) is 2. The van der Waals surface area contributed by atoms with E-state index in [0.717, 1.165) is 10.1 Å². The maximum Gasteiger partial charge on any atom is 0.334 e. The summed E-state index contributed by atoms with van der Waals surface area (Å²) >= 11 is 3.40. The second kappa shape index (κ2) is 4.42. The summed E-state index contributed by atoms with van der Waals surface area (Å²) in [6.45, 7) is 1.99. The molecule has 0 aromatic heterocycles. The van der Waals surface area contributed by atoms with Gasteiger partial charge in [0, 0.05) is 10.1 Å². The van der Waals surface area contributed by atoms with Crippen LogP contribution < -0.4 is 0 Å². The van der Waals surface area contributed by atoms with Gasteiger partial charge in [0.25, 0.3) is 0 Å². The second-order valence-electron chi connectivity index (χ2n) is 2.79. The number of halogens is 1. The molecule has 0 spiro atoms. The average Bonchev–Trinajstić information content (AvgIpc) is 2.30. The highest BCUT2D eigenvalue weighted by molar-refractivity contribution is 9.12. The Morgan fingerprint density at radius 2 is 2.23 bits per heavy atom. The number of carbonyl (C=O) groups excluding carboxylic acids is 1. The second-order valence-corrected chi connectivity index (χ2v) is 3.64. The number of carbonyl (C=O) groups is 1. The summed E-state index contributed by atoms with van der Waals surface area (Å²) in [6, 6.07) is 0. The van der Waals surface area contributed by atoms with E-state index < -0.39 is 0 Å². The molecule has 0 heterocycles. The fraction of sp³-hybridized carbons (Fsp3) is 0.300. The maximum atomic E-state index is 11.2. The summed E-state index contributed by atoms with van der Waals surface area (Å²) in [4.78, 5) is 11.2. The summed E-state index contributed by atoms with van der Waals surface area (Å²) in [5.41, 5.74) is 1.81. The Balaban J connectivity index is 2.89. The number of hydrogen-bond donors (Lipinski definition) is 0. The van der Waals surface area contributed by atoms with Crippen molar-refractivity contribution in [3.8, 4) is 0 Å². The monoisotopic (exact) mass is 242 g/mol. The maximum absolute atomic E-state index is 11.2. The van der Waals surface area contributed by atoms with E-state index in [0.29, 0.717) is 12.0 Å². The number of esters is 1. The zero-order valence-electron chi connectivity index (χ0n) is 7.63. The van der Waals surface area contributed by atoms with Crippen molar-refractivity contribution in [3.63, 3.8) is 0 Å². The summed E-state index contributed by atoms with van der Waals surface area (Å²) in [7, 11) is 1.39. The molecule has 0 aromatic carbocycles. The van der Waals surface area contributed by atoms with Gasteiger partial charge in [-0.05, 0) is 25.0 Å². The topological polar surface area (TPSA) is 26.3 Å². The van der Waals surface area contributed by atoms with Crippen molar-refractivity contribution in [2.75, 3.05) is 7.11 Å². The van der Waals surface area contributed by atoms with E-state index in [4.69, 9.17) is 0 Å². The van der Waals surface area contributed by atoms with E-state index in [1.165, 1.54) is 7.11 Å². The molecule has 3 heteroatoms. The summed E-state index contributed by atoms with van der Waals surface area (Å²) in [6.07, 6.45) is 6.27. The normalized spacial score (nSPS) is 16.7. The quantitative estimate of drug-likeness (QED) is 0.662. The first kappa shape index (κ1) is 10.3. The fourth-order valence-electron chi connectivity index (χ4n) is 1.02. The molecule has 0 N–H and O–H groups in total. The molecule has 0 fully saturated rings. The third kappa shape index (κ3) is 2.56. The SMILES string of the molecule is COC(=O)C1=CC=C(Br)C(C)=CC1. The largest absolute Gasteiger partial charge is 0.466 e. The lowest BCUT2D eigenvalue weighted by Crippen LogP contribution is -2.03. The molecule has 2 nitrogen and oxygen atoms in total. The molecule has 13 heavy (non-hydrogen) atoms. The molecule has 0 amide bonds. The van der Waals surface area contributed by atoms with Crippen LogP contribution in [-0.4, -0.2) is 13.1 Å². The van der Waals surface area contributed by atoms with Crippen LogP contribution in [-0.2, 0) is 9.53 Å². The van der Waals surface area contributed by atoms with Gasteiger partial charge in [-0.3, -0.25) is 0 Å². The lowest BCUT2D eigenvalue weighted by Gasteiger charge is -1.99. The van der Waals surface area contributed by atoms with E-state index in [2.05, 4.69) is 20.7 Å². The zero-order valence-corrected chi connectivity index (χ0v) is 9.22. The van der Waals surface area contributed by atoms with Crippen LogP contribution in [0.2, 0.25) is 0 Å². The van der Waals surface area contributed by atoms with Crippen molar-refractivity contribution < 1.29 is 9.53 Å². The van der Waals surface area contributed by atoms with Crippen LogP contribution >= 0.6 is 15.9 Å². The van der Waals surface area contributed by atoms with Gasteiger partial charge in [0.05, 0.1) is 7.11 Å². The van der Waals surface area contributed by atoms with Gasteiger partial charge in [-0.1, -0.05) is 28.1 Å². The van der Waals surface area contributed by atoms with E-state index in [1.54, 1.807) is 6.08 Å². The van der Waals surface area contributed by atoms with Crippen molar-refractivity contribution in [1.82, 2.24) is 0 Å². The highest BCUT2D eigenvalue weighted by Crippen LogP contribution is 2.22. The number of allylic oxidation sites excluding steroid dienone is 5. The predicted molar refractivity (Wildman–Crippen MR) is 55.5 cm³/mol. The molecule has 0 saturated carbocycles. The summed E-state index contributed by atoms with van der Waals surface area (Å²) in [5, 5.41) is 0. The molecule has 0 atom stereocenters. The molecule has 1 rings (SSSR count). The van der Waals surface area contributed by atoms with Crippen LogP contribution in [0.3, 0.4) is 0 Å². The number of methoxy groups -OCH3 is 1. The first-order valence-electron chi connectivity index (χ1n) is 3.97. The van der Waals surface area contributed by atoms with Crippen molar-refractivity contribution in [3.05, 3.63) is 33.9 Å². The minimum Gasteiger partial charge on any atom is -0.466 e. The minimum absolute atomic E-state index is 0.262. The van der Waals surface area contributed by atoms with E-state index >= 15 is 0 Å². The Hall–Kier alpha value is -0.830. The predicted octanol–water partition coefficient (Wildman–Crippen LogP) is 2.71. The molecule has 0 bridgehead atoms. The molecule has 1 aliphatic rings. The van der Waals surface area contributed by atoms with Gasteiger partial charge in [-0.25, -0.2) is 4.79 Å². The van der Waals surface area contributed by atoms with Gasteiger partial charge in [0.1, 0.15) is 0 Å². The fourth-order valence-corrected chi connectivity index (χ4v) is 1.31. The Bertz CT molecular complexity index is 311. The molecular formula is C10H11BrO2. The Morgan fingerprint density at radius 3 is 2.85 bits per heavy atom. The standard InChI is InChI=1S/C10H11BrO2/c1-7-3-4-8(10(12)13-2)5-6-9(7)11/h3,5-6H,4H2,1-2H3. The minimum atomic E-state index is -0.262. The van der Waals surface area contributed by atoms with Gasteiger partial charge >= 0.3 is 5.97 Å². The van der Waals surface area contributed by atoms with Gasteiger partial charge < -0.3 is 4.74 Å². The van der Waals surface area contributed by atoms with Crippen molar-refractivity contribution in [1.29, 1.82) is 0 Å². The lowest BCUT2D eigenvalue weighted by molar-refractivity contribution is -0.136. The molecule has 70 valence electrons. The van der Waals surface area contributed by atoms with Gasteiger partial charge in [0.15, 0.2) is 0 Å². The van der Waals surface area contributed by atoms with Crippen LogP contribution in [0.1, 0.15) is 13.3 Å². The molecule has 1 aliphatic carbocycles. The summed E-state index contributed by atoms with van der Waals surface area (Å²) < 4.78 is 5.64. The Kier molecular flexibility index (Phi) is 3.48. The van der Waals surface area contributed by atoms with Crippen LogP contribution in [0, 0.1) is 0 Å². The van der Waals surface area contributed by atoms with E-state index in [1.807, 2.05) is 19.1 Å². The first-order valence-corrected chi connectivity index (χ1v) is 4.76. The van der Waals surface area contributed by atoms with Crippen LogP contribution in [0.15, 0.2) is 33.9 Å². The average molecular weight is 243 g/mol. The summed E-state index contributed by atoms with van der Waals surface area (Å²) in [5.74, 6) is -0.262. The van der Waals surface area contributed by atoms with Crippen LogP contribution in [0.4, 0.5) is 0 Å². The van der Waals surface area contributed by atoms with Crippen molar-refractivity contribution in [2.24, 2.45) is 0 Å². The lowest BCUT2D eigenvalue weighted by atomic mass is 10.1. The van der Waals surface area contributed by atoms with Crippen LogP contribution in [0.25, 0.3) is 0 Å². The van der Waals surface area contributed by atoms with E-state index in [9.17, 15) is 4.79 Å². The molecule has 0 unspecified atom stereocenters. The molecular weight excluding hydrogens is 232 g/mol. The highest BCUT2D eigenvalue weighted by atomic mass is 79.9. The third-order valence-electron chi connectivity index (χ3n) is 1.88. The van der Waals surface area contributed by atoms with Gasteiger partial charge in [-0.15, -0.1) is 0 Å². The highest BCUT2D eigenvalue weighted by Gasteiger charge is 2.09.